The smallest absolute Gasteiger partial charge is 0.330 e. The lowest BCUT2D eigenvalue weighted by molar-refractivity contribution is -0.285. The molecule has 1 aromatic carbocycles. The van der Waals surface area contributed by atoms with E-state index >= 15 is 0 Å². The van der Waals surface area contributed by atoms with Crippen molar-refractivity contribution in [2.75, 3.05) is 0 Å². The summed E-state index contributed by atoms with van der Waals surface area (Å²) in [4.78, 5) is 23.4. The van der Waals surface area contributed by atoms with Gasteiger partial charge in [-0.2, -0.15) is 0 Å². The average Bonchev–Trinajstić information content (AvgIpc) is 3.17. The van der Waals surface area contributed by atoms with Gasteiger partial charge in [0, 0.05) is 32.3 Å². The van der Waals surface area contributed by atoms with E-state index < -0.39 is 24.0 Å². The summed E-state index contributed by atoms with van der Waals surface area (Å²) in [5.74, 6) is -1.98. The van der Waals surface area contributed by atoms with Crippen LogP contribution in [0.1, 0.15) is 70.3 Å². The second-order valence-electron chi connectivity index (χ2n) is 10.4. The zero-order valence-corrected chi connectivity index (χ0v) is 21.8. The first-order valence-corrected chi connectivity index (χ1v) is 13.5. The molecule has 0 saturated carbocycles. The average molecular weight is 531 g/mol. The third kappa shape index (κ3) is 7.82. The molecule has 3 aliphatic heterocycles. The van der Waals surface area contributed by atoms with E-state index in [4.69, 9.17) is 18.9 Å². The Bertz CT molecular complexity index is 1030. The predicted octanol–water partition coefficient (Wildman–Crippen LogP) is 3.98. The van der Waals surface area contributed by atoms with E-state index in [1.807, 2.05) is 0 Å². The number of aliphatic hydroxyl groups excluding tert-OH is 1. The molecular formula is C29H38O9. The van der Waals surface area contributed by atoms with Crippen LogP contribution in [0.4, 0.5) is 0 Å². The molecule has 208 valence electrons. The molecule has 9 nitrogen and oxygen atoms in total. The number of hydrogen-bond donors (Lipinski definition) is 3. The molecule has 3 aliphatic rings. The first-order chi connectivity index (χ1) is 18.2. The number of hydrogen-bond acceptors (Lipinski definition) is 9. The number of aromatic hydroxyl groups is 2. The molecule has 0 aliphatic carbocycles. The number of benzene rings is 1. The number of carbonyl (C=O) groups excluding carboxylic acids is 2. The van der Waals surface area contributed by atoms with Crippen molar-refractivity contribution < 1.29 is 43.9 Å². The van der Waals surface area contributed by atoms with Gasteiger partial charge in [0.15, 0.2) is 17.3 Å². The maximum absolute atomic E-state index is 11.7. The molecule has 6 atom stereocenters. The summed E-state index contributed by atoms with van der Waals surface area (Å²) in [6.45, 7) is 1.40. The molecule has 9 heteroatoms. The molecule has 4 rings (SSSR count). The van der Waals surface area contributed by atoms with Crippen LogP contribution >= 0.6 is 0 Å². The number of aliphatic hydroxyl groups is 1. The van der Waals surface area contributed by atoms with Crippen LogP contribution in [0.3, 0.4) is 0 Å². The Morgan fingerprint density at radius 2 is 1.97 bits per heavy atom. The van der Waals surface area contributed by atoms with Gasteiger partial charge >= 0.3 is 11.9 Å². The van der Waals surface area contributed by atoms with Crippen molar-refractivity contribution in [2.45, 2.75) is 107 Å². The Balaban J connectivity index is 1.20. The van der Waals surface area contributed by atoms with Crippen molar-refractivity contribution in [2.24, 2.45) is 0 Å². The lowest BCUT2D eigenvalue weighted by atomic mass is 9.92. The lowest BCUT2D eigenvalue weighted by Crippen LogP contribution is -2.47. The number of esters is 2. The Labute approximate surface area is 223 Å². The quantitative estimate of drug-likeness (QED) is 0.168. The summed E-state index contributed by atoms with van der Waals surface area (Å²) < 4.78 is 23.4. The first kappa shape index (κ1) is 28.1. The minimum atomic E-state index is -1.02. The van der Waals surface area contributed by atoms with Crippen LogP contribution in [0.15, 0.2) is 42.5 Å². The van der Waals surface area contributed by atoms with E-state index in [-0.39, 0.29) is 35.8 Å². The Hall–Kier alpha value is -2.88. The van der Waals surface area contributed by atoms with Crippen LogP contribution in [0.2, 0.25) is 0 Å². The van der Waals surface area contributed by atoms with Crippen LogP contribution in [0, 0.1) is 0 Å². The largest absolute Gasteiger partial charge is 0.504 e. The molecule has 3 N–H and O–H groups in total. The third-order valence-electron chi connectivity index (χ3n) is 7.19. The van der Waals surface area contributed by atoms with Crippen molar-refractivity contribution in [1.29, 1.82) is 0 Å². The van der Waals surface area contributed by atoms with Crippen molar-refractivity contribution in [3.05, 3.63) is 48.1 Å². The fourth-order valence-electron chi connectivity index (χ4n) is 5.52. The first-order valence-electron chi connectivity index (χ1n) is 13.5. The number of carbonyl (C=O) groups is 2. The summed E-state index contributed by atoms with van der Waals surface area (Å²) >= 11 is 0. The number of phenolic OH excluding ortho intramolecular Hbond substituents is 2. The highest BCUT2D eigenvalue weighted by molar-refractivity contribution is 5.83. The highest BCUT2D eigenvalue weighted by Crippen LogP contribution is 2.44. The van der Waals surface area contributed by atoms with Crippen LogP contribution < -0.4 is 0 Å². The van der Waals surface area contributed by atoms with Crippen molar-refractivity contribution in [3.63, 3.8) is 0 Å². The van der Waals surface area contributed by atoms with E-state index in [0.717, 1.165) is 37.7 Å². The maximum Gasteiger partial charge on any atom is 0.330 e. The number of phenols is 2. The van der Waals surface area contributed by atoms with Crippen LogP contribution in [-0.2, 0) is 35.0 Å². The monoisotopic (exact) mass is 530 g/mol. The highest BCUT2D eigenvalue weighted by atomic mass is 16.7. The number of allylic oxidation sites excluding steroid dienone is 2. The molecule has 0 aromatic heterocycles. The SMILES string of the molecule is CC(=O)OC(CCCC/C=C/CCc1ccc(O)c(O)c1)CC1CC(O)CC2(CC3OC(=O)C=CC3O2)O1. The fraction of sp³-hybridized carbons (Fsp3) is 0.586. The maximum atomic E-state index is 11.7. The molecule has 2 saturated heterocycles. The van der Waals surface area contributed by atoms with Gasteiger partial charge in [-0.05, 0) is 68.7 Å². The predicted molar refractivity (Wildman–Crippen MR) is 137 cm³/mol. The molecule has 0 amide bonds. The topological polar surface area (TPSA) is 132 Å². The molecular weight excluding hydrogens is 492 g/mol. The second-order valence-corrected chi connectivity index (χ2v) is 10.4. The Kier molecular flexibility index (Phi) is 9.46. The van der Waals surface area contributed by atoms with Gasteiger partial charge in [-0.1, -0.05) is 18.2 Å². The summed E-state index contributed by atoms with van der Waals surface area (Å²) in [5, 5.41) is 29.5. The summed E-state index contributed by atoms with van der Waals surface area (Å²) in [6.07, 6.45) is 11.7. The van der Waals surface area contributed by atoms with Crippen molar-refractivity contribution in [1.82, 2.24) is 0 Å². The number of unbranched alkanes of at least 4 members (excludes halogenated alkanes) is 2. The van der Waals surface area contributed by atoms with Crippen LogP contribution in [0.5, 0.6) is 11.5 Å². The molecule has 1 spiro atoms. The van der Waals surface area contributed by atoms with Gasteiger partial charge < -0.3 is 34.3 Å². The van der Waals surface area contributed by atoms with E-state index in [9.17, 15) is 24.9 Å². The molecule has 3 heterocycles. The Morgan fingerprint density at radius 3 is 2.76 bits per heavy atom. The van der Waals surface area contributed by atoms with Gasteiger partial charge in [-0.15, -0.1) is 0 Å². The van der Waals surface area contributed by atoms with Crippen molar-refractivity contribution >= 4 is 11.9 Å². The van der Waals surface area contributed by atoms with Crippen molar-refractivity contribution in [3.8, 4) is 11.5 Å². The third-order valence-corrected chi connectivity index (χ3v) is 7.19. The van der Waals surface area contributed by atoms with E-state index in [2.05, 4.69) is 12.2 Å². The van der Waals surface area contributed by atoms with Crippen LogP contribution in [0.25, 0.3) is 0 Å². The van der Waals surface area contributed by atoms with Gasteiger partial charge in [0.2, 0.25) is 0 Å². The van der Waals surface area contributed by atoms with Gasteiger partial charge in [0.25, 0.3) is 0 Å². The molecule has 6 unspecified atom stereocenters. The minimum absolute atomic E-state index is 0.103. The zero-order valence-electron chi connectivity index (χ0n) is 21.8. The summed E-state index contributed by atoms with van der Waals surface area (Å²) in [5.41, 5.74) is 0.963. The summed E-state index contributed by atoms with van der Waals surface area (Å²) in [7, 11) is 0. The van der Waals surface area contributed by atoms with Crippen LogP contribution in [-0.4, -0.2) is 63.6 Å². The molecule has 0 radical (unpaired) electrons. The Morgan fingerprint density at radius 1 is 1.16 bits per heavy atom. The van der Waals surface area contributed by atoms with Gasteiger partial charge in [-0.3, -0.25) is 4.79 Å². The fourth-order valence-corrected chi connectivity index (χ4v) is 5.52. The normalized spacial score (nSPS) is 29.4. The van der Waals surface area contributed by atoms with E-state index in [0.29, 0.717) is 32.1 Å². The number of rotatable bonds is 11. The minimum Gasteiger partial charge on any atom is -0.504 e. The standard InChI is InChI=1S/C29H38O9/c1-19(30)35-22(9-7-5-3-2-4-6-8-20-10-11-24(32)25(33)14-20)16-23-15-21(31)17-29(37-23)18-27-26(38-29)12-13-28(34)36-27/h2,4,10-14,21-23,26-27,31-33H,3,5-9,15-18H2,1H3/b4-2+. The van der Waals surface area contributed by atoms with E-state index in [1.54, 1.807) is 18.2 Å². The van der Waals surface area contributed by atoms with E-state index in [1.165, 1.54) is 19.1 Å². The second kappa shape index (κ2) is 12.8. The lowest BCUT2D eigenvalue weighted by Gasteiger charge is -2.41. The number of fused-ring (bicyclic) bond motifs is 1. The molecule has 2 fully saturated rings. The molecule has 38 heavy (non-hydrogen) atoms. The number of aryl methyl sites for hydroxylation is 1. The molecule has 0 bridgehead atoms. The van der Waals surface area contributed by atoms with Gasteiger partial charge in [-0.25, -0.2) is 4.79 Å². The number of ether oxygens (including phenoxy) is 4. The van der Waals surface area contributed by atoms with Gasteiger partial charge in [0.1, 0.15) is 18.3 Å². The molecule has 1 aromatic rings. The van der Waals surface area contributed by atoms with Gasteiger partial charge in [0.05, 0.1) is 12.2 Å². The summed E-state index contributed by atoms with van der Waals surface area (Å²) in [6, 6.07) is 4.87. The highest BCUT2D eigenvalue weighted by Gasteiger charge is 2.53. The zero-order chi connectivity index (χ0) is 27.1.